The molecule has 0 aliphatic heterocycles. The Labute approximate surface area is 203 Å². The Morgan fingerprint density at radius 3 is 2.17 bits per heavy atom. The Morgan fingerprint density at radius 2 is 1.54 bits per heavy atom. The Hall–Kier alpha value is -4.08. The number of carbonyl (C=O) groups excluding carboxylic acids is 4. The molecule has 2 aromatic rings. The van der Waals surface area contributed by atoms with Crippen molar-refractivity contribution in [3.63, 3.8) is 0 Å². The van der Waals surface area contributed by atoms with Crippen LogP contribution in [0, 0.1) is 5.92 Å². The van der Waals surface area contributed by atoms with Crippen molar-refractivity contribution < 1.29 is 33.4 Å². The molecule has 0 aromatic heterocycles. The zero-order valence-corrected chi connectivity index (χ0v) is 19.9. The molecule has 3 N–H and O–H groups in total. The van der Waals surface area contributed by atoms with Gasteiger partial charge in [0.25, 0.3) is 5.91 Å². The molecule has 1 saturated carbocycles. The molecule has 1 aliphatic carbocycles. The molecule has 10 nitrogen and oxygen atoms in total. The number of anilines is 2. The van der Waals surface area contributed by atoms with E-state index >= 15 is 0 Å². The number of imide groups is 1. The molecule has 0 radical (unpaired) electrons. The van der Waals surface area contributed by atoms with Gasteiger partial charge in [-0.3, -0.25) is 14.9 Å². The SMILES string of the molecule is COc1cc(NC(=O)C2CCCC2)c(C(=O)OC(C)C(=O)NC(=O)Nc2ccccc2)cc1OC. The average Bonchev–Trinajstić information content (AvgIpc) is 3.39. The second-order valence-electron chi connectivity index (χ2n) is 8.08. The number of rotatable bonds is 8. The summed E-state index contributed by atoms with van der Waals surface area (Å²) in [5.41, 5.74) is 0.664. The monoisotopic (exact) mass is 483 g/mol. The molecule has 3 rings (SSSR count). The van der Waals surface area contributed by atoms with E-state index in [1.54, 1.807) is 30.3 Å². The maximum Gasteiger partial charge on any atom is 0.341 e. The van der Waals surface area contributed by atoms with Crippen LogP contribution in [0.1, 0.15) is 43.0 Å². The number of urea groups is 1. The molecule has 0 spiro atoms. The predicted molar refractivity (Wildman–Crippen MR) is 129 cm³/mol. The number of benzene rings is 2. The number of methoxy groups -OCH3 is 2. The Balaban J connectivity index is 1.71. The van der Waals surface area contributed by atoms with Crippen molar-refractivity contribution in [1.29, 1.82) is 0 Å². The fourth-order valence-electron chi connectivity index (χ4n) is 3.75. The number of amides is 4. The molecule has 0 heterocycles. The lowest BCUT2D eigenvalue weighted by Gasteiger charge is -2.18. The van der Waals surface area contributed by atoms with Crippen LogP contribution in [0.25, 0.3) is 0 Å². The van der Waals surface area contributed by atoms with Gasteiger partial charge in [0.2, 0.25) is 5.91 Å². The Morgan fingerprint density at radius 1 is 0.914 bits per heavy atom. The van der Waals surface area contributed by atoms with Crippen molar-refractivity contribution in [2.75, 3.05) is 24.9 Å². The Bertz CT molecular complexity index is 1080. The minimum absolute atomic E-state index is 0.0117. The first kappa shape index (κ1) is 25.5. The van der Waals surface area contributed by atoms with Crippen molar-refractivity contribution >= 4 is 35.2 Å². The van der Waals surface area contributed by atoms with Gasteiger partial charge in [-0.1, -0.05) is 31.0 Å². The van der Waals surface area contributed by atoms with Crippen molar-refractivity contribution in [2.24, 2.45) is 5.92 Å². The van der Waals surface area contributed by atoms with Crippen LogP contribution in [0.4, 0.5) is 16.2 Å². The standard InChI is InChI=1S/C25H29N3O7/c1-15(22(29)28-25(32)26-17-11-5-4-6-12-17)35-24(31)18-13-20(33-2)21(34-3)14-19(18)27-23(30)16-9-7-8-10-16/h4-6,11-16H,7-10H2,1-3H3,(H,27,30)(H2,26,28,29,32). The normalized spacial score (nSPS) is 13.9. The van der Waals surface area contributed by atoms with E-state index in [2.05, 4.69) is 16.0 Å². The third-order valence-electron chi connectivity index (χ3n) is 5.65. The van der Waals surface area contributed by atoms with Crippen molar-refractivity contribution in [1.82, 2.24) is 5.32 Å². The summed E-state index contributed by atoms with van der Waals surface area (Å²) in [6.45, 7) is 1.33. The largest absolute Gasteiger partial charge is 0.493 e. The van der Waals surface area contributed by atoms with Gasteiger partial charge in [0, 0.05) is 23.7 Å². The van der Waals surface area contributed by atoms with E-state index in [-0.39, 0.29) is 28.8 Å². The third-order valence-corrected chi connectivity index (χ3v) is 5.65. The summed E-state index contributed by atoms with van der Waals surface area (Å²) < 4.78 is 15.9. The lowest BCUT2D eigenvalue weighted by atomic mass is 10.1. The van der Waals surface area contributed by atoms with E-state index in [9.17, 15) is 19.2 Å². The average molecular weight is 484 g/mol. The second kappa shape index (κ2) is 11.9. The molecular weight excluding hydrogens is 454 g/mol. The van der Waals surface area contributed by atoms with E-state index in [1.165, 1.54) is 33.3 Å². The number of carbonyl (C=O) groups is 4. The number of hydrogen-bond donors (Lipinski definition) is 3. The van der Waals surface area contributed by atoms with Crippen molar-refractivity contribution in [3.8, 4) is 11.5 Å². The predicted octanol–water partition coefficient (Wildman–Crippen LogP) is 3.73. The molecular formula is C25H29N3O7. The molecule has 1 atom stereocenters. The minimum atomic E-state index is -1.30. The fourth-order valence-corrected chi connectivity index (χ4v) is 3.75. The minimum Gasteiger partial charge on any atom is -0.493 e. The zero-order chi connectivity index (χ0) is 25.4. The quantitative estimate of drug-likeness (QED) is 0.488. The van der Waals surface area contributed by atoms with Crippen molar-refractivity contribution in [3.05, 3.63) is 48.0 Å². The van der Waals surface area contributed by atoms with Gasteiger partial charge in [0.1, 0.15) is 0 Å². The summed E-state index contributed by atoms with van der Waals surface area (Å²) in [5.74, 6) is -1.47. The highest BCUT2D eigenvalue weighted by atomic mass is 16.5. The number of para-hydroxylation sites is 1. The van der Waals surface area contributed by atoms with E-state index in [0.29, 0.717) is 11.4 Å². The first-order valence-electron chi connectivity index (χ1n) is 11.3. The second-order valence-corrected chi connectivity index (χ2v) is 8.08. The number of ether oxygens (including phenoxy) is 3. The molecule has 1 aliphatic rings. The number of esters is 1. The van der Waals surface area contributed by atoms with Crippen LogP contribution < -0.4 is 25.4 Å². The highest BCUT2D eigenvalue weighted by Crippen LogP contribution is 2.35. The number of hydrogen-bond acceptors (Lipinski definition) is 7. The van der Waals surface area contributed by atoms with Crippen LogP contribution in [0.5, 0.6) is 11.5 Å². The zero-order valence-electron chi connectivity index (χ0n) is 19.9. The molecule has 4 amide bonds. The maximum absolute atomic E-state index is 13.0. The van der Waals surface area contributed by atoms with Gasteiger partial charge < -0.3 is 24.8 Å². The first-order chi connectivity index (χ1) is 16.8. The summed E-state index contributed by atoms with van der Waals surface area (Å²) >= 11 is 0. The molecule has 2 aromatic carbocycles. The first-order valence-corrected chi connectivity index (χ1v) is 11.3. The van der Waals surface area contributed by atoms with E-state index in [0.717, 1.165) is 25.7 Å². The van der Waals surface area contributed by atoms with Gasteiger partial charge in [-0.05, 0) is 31.9 Å². The van der Waals surface area contributed by atoms with Crippen LogP contribution in [-0.4, -0.2) is 44.1 Å². The van der Waals surface area contributed by atoms with Gasteiger partial charge in [-0.15, -0.1) is 0 Å². The van der Waals surface area contributed by atoms with Crippen LogP contribution in [0.2, 0.25) is 0 Å². The molecule has 186 valence electrons. The molecule has 1 fully saturated rings. The Kier molecular flexibility index (Phi) is 8.66. The van der Waals surface area contributed by atoms with E-state index < -0.39 is 24.0 Å². The van der Waals surface area contributed by atoms with Crippen LogP contribution in [0.3, 0.4) is 0 Å². The van der Waals surface area contributed by atoms with Gasteiger partial charge in [-0.2, -0.15) is 0 Å². The topological polar surface area (TPSA) is 132 Å². The summed E-state index contributed by atoms with van der Waals surface area (Å²) in [4.78, 5) is 50.2. The fraction of sp³-hybridized carbons (Fsp3) is 0.360. The summed E-state index contributed by atoms with van der Waals surface area (Å²) in [5, 5.41) is 7.42. The van der Waals surface area contributed by atoms with Gasteiger partial charge in [0.05, 0.1) is 25.5 Å². The maximum atomic E-state index is 13.0. The van der Waals surface area contributed by atoms with Gasteiger partial charge in [-0.25, -0.2) is 9.59 Å². The molecule has 0 saturated heterocycles. The van der Waals surface area contributed by atoms with E-state index in [4.69, 9.17) is 14.2 Å². The van der Waals surface area contributed by atoms with Crippen LogP contribution in [0.15, 0.2) is 42.5 Å². The number of nitrogens with one attached hydrogen (secondary N) is 3. The smallest absolute Gasteiger partial charge is 0.341 e. The van der Waals surface area contributed by atoms with Gasteiger partial charge in [0.15, 0.2) is 17.6 Å². The lowest BCUT2D eigenvalue weighted by molar-refractivity contribution is -0.127. The third kappa shape index (κ3) is 6.72. The summed E-state index contributed by atoms with van der Waals surface area (Å²) in [7, 11) is 2.84. The molecule has 10 heteroatoms. The summed E-state index contributed by atoms with van der Waals surface area (Å²) in [6, 6.07) is 10.6. The highest BCUT2D eigenvalue weighted by Gasteiger charge is 2.27. The summed E-state index contributed by atoms with van der Waals surface area (Å²) in [6.07, 6.45) is 2.21. The van der Waals surface area contributed by atoms with Gasteiger partial charge >= 0.3 is 12.0 Å². The molecule has 35 heavy (non-hydrogen) atoms. The van der Waals surface area contributed by atoms with Crippen LogP contribution >= 0.6 is 0 Å². The molecule has 0 bridgehead atoms. The highest BCUT2D eigenvalue weighted by molar-refractivity contribution is 6.05. The molecule has 1 unspecified atom stereocenters. The van der Waals surface area contributed by atoms with Crippen molar-refractivity contribution in [2.45, 2.75) is 38.7 Å². The van der Waals surface area contributed by atoms with E-state index in [1.807, 2.05) is 0 Å². The van der Waals surface area contributed by atoms with Crippen LogP contribution in [-0.2, 0) is 14.3 Å². The lowest BCUT2D eigenvalue weighted by Crippen LogP contribution is -2.41.